The summed E-state index contributed by atoms with van der Waals surface area (Å²) in [6.07, 6.45) is 4.12. The van der Waals surface area contributed by atoms with E-state index in [9.17, 15) is 0 Å². The summed E-state index contributed by atoms with van der Waals surface area (Å²) in [5.41, 5.74) is 4.44. The maximum absolute atomic E-state index is 8.86. The van der Waals surface area contributed by atoms with E-state index in [4.69, 9.17) is 7.73 Å². The number of nitrogens with zero attached hydrogens (tertiary/aromatic N) is 2. The summed E-state index contributed by atoms with van der Waals surface area (Å²) in [6, 6.07) is 12.6. The molecule has 28 heavy (non-hydrogen) atoms. The van der Waals surface area contributed by atoms with Crippen LogP contribution in [0.15, 0.2) is 55.0 Å². The standard InChI is InChI=1S/C26H26N2/c1-25(2,3)14-16-10-18-7-9-28-24-20-12-19-15-27-8-6-17(19)13-21(20)26(4,5)22(11-16)23(18)24/h6-13,15H,14H2,1-5H3/i14D2. The molecule has 2 aromatic heterocycles. The molecule has 5 rings (SSSR count). The zero-order valence-electron chi connectivity index (χ0n) is 19.1. The fourth-order valence-electron chi connectivity index (χ4n) is 4.51. The lowest BCUT2D eigenvalue weighted by Gasteiger charge is -2.35. The second-order valence-electron chi connectivity index (χ2n) is 9.40. The van der Waals surface area contributed by atoms with Gasteiger partial charge in [-0.25, -0.2) is 0 Å². The molecule has 0 unspecified atom stereocenters. The van der Waals surface area contributed by atoms with E-state index in [0.29, 0.717) is 0 Å². The van der Waals surface area contributed by atoms with Crippen molar-refractivity contribution in [2.24, 2.45) is 5.41 Å². The first kappa shape index (κ1) is 15.2. The summed E-state index contributed by atoms with van der Waals surface area (Å²) < 4.78 is 17.7. The third-order valence-corrected chi connectivity index (χ3v) is 5.76. The molecule has 1 aliphatic rings. The molecule has 2 nitrogen and oxygen atoms in total. The van der Waals surface area contributed by atoms with Gasteiger partial charge in [-0.15, -0.1) is 0 Å². The molecule has 0 amide bonds. The second-order valence-corrected chi connectivity index (χ2v) is 9.40. The van der Waals surface area contributed by atoms with Gasteiger partial charge >= 0.3 is 0 Å². The van der Waals surface area contributed by atoms with Crippen LogP contribution in [0.3, 0.4) is 0 Å². The van der Waals surface area contributed by atoms with Gasteiger partial charge in [0.2, 0.25) is 0 Å². The third kappa shape index (κ3) is 2.55. The van der Waals surface area contributed by atoms with Crippen LogP contribution in [-0.4, -0.2) is 9.97 Å². The van der Waals surface area contributed by atoms with Gasteiger partial charge in [-0.3, -0.25) is 9.97 Å². The van der Waals surface area contributed by atoms with Crippen LogP contribution in [0.2, 0.25) is 0 Å². The van der Waals surface area contributed by atoms with Crippen LogP contribution in [0, 0.1) is 5.41 Å². The summed E-state index contributed by atoms with van der Waals surface area (Å²) in [4.78, 5) is 9.07. The quantitative estimate of drug-likeness (QED) is 0.374. The molecule has 0 N–H and O–H groups in total. The van der Waals surface area contributed by atoms with Gasteiger partial charge in [0.25, 0.3) is 0 Å². The Bertz CT molecular complexity index is 1330. The summed E-state index contributed by atoms with van der Waals surface area (Å²) in [5.74, 6) is 0. The van der Waals surface area contributed by atoms with E-state index in [1.54, 1.807) is 0 Å². The van der Waals surface area contributed by atoms with Crippen LogP contribution in [0.5, 0.6) is 0 Å². The van der Waals surface area contributed by atoms with Crippen molar-refractivity contribution < 1.29 is 2.74 Å². The Labute approximate surface area is 169 Å². The number of benzene rings is 2. The minimum absolute atomic E-state index is 0.273. The summed E-state index contributed by atoms with van der Waals surface area (Å²) in [6.45, 7) is 10.4. The highest BCUT2D eigenvalue weighted by molar-refractivity contribution is 6.04. The molecule has 0 aliphatic heterocycles. The van der Waals surface area contributed by atoms with Crippen LogP contribution in [0.25, 0.3) is 32.8 Å². The Kier molecular flexibility index (Phi) is 3.06. The van der Waals surface area contributed by atoms with E-state index in [2.05, 4.69) is 37.0 Å². The fourth-order valence-corrected chi connectivity index (χ4v) is 4.51. The first-order chi connectivity index (χ1) is 14.0. The molecule has 2 heteroatoms. The molecule has 0 saturated heterocycles. The normalized spacial score (nSPS) is 16.6. The van der Waals surface area contributed by atoms with E-state index in [0.717, 1.165) is 43.9 Å². The van der Waals surface area contributed by atoms with Crippen LogP contribution < -0.4 is 0 Å². The maximum atomic E-state index is 8.86. The number of rotatable bonds is 1. The van der Waals surface area contributed by atoms with Gasteiger partial charge in [-0.05, 0) is 63.5 Å². The third-order valence-electron chi connectivity index (χ3n) is 5.76. The minimum Gasteiger partial charge on any atom is -0.264 e. The zero-order chi connectivity index (χ0) is 21.5. The van der Waals surface area contributed by atoms with Crippen molar-refractivity contribution in [3.63, 3.8) is 0 Å². The predicted octanol–water partition coefficient (Wildman–Crippen LogP) is 6.68. The number of hydrogen-bond acceptors (Lipinski definition) is 2. The molecule has 0 bridgehead atoms. The van der Waals surface area contributed by atoms with Crippen LogP contribution in [0.1, 0.15) is 54.1 Å². The van der Waals surface area contributed by atoms with Gasteiger partial charge in [0, 0.05) is 43.1 Å². The van der Waals surface area contributed by atoms with E-state index >= 15 is 0 Å². The molecule has 0 radical (unpaired) electrons. The van der Waals surface area contributed by atoms with Crippen molar-refractivity contribution in [1.29, 1.82) is 0 Å². The molecule has 0 spiro atoms. The van der Waals surface area contributed by atoms with E-state index < -0.39 is 11.8 Å². The Hall–Kier alpha value is -2.74. The average molecular weight is 369 g/mol. The largest absolute Gasteiger partial charge is 0.264 e. The van der Waals surface area contributed by atoms with Crippen molar-refractivity contribution in [2.45, 2.75) is 46.4 Å². The van der Waals surface area contributed by atoms with Crippen LogP contribution >= 0.6 is 0 Å². The molecular weight excluding hydrogens is 340 g/mol. The van der Waals surface area contributed by atoms with Gasteiger partial charge in [0.15, 0.2) is 0 Å². The van der Waals surface area contributed by atoms with E-state index in [1.807, 2.05) is 57.6 Å². The Balaban J connectivity index is 1.90. The molecule has 0 fully saturated rings. The molecule has 2 heterocycles. The molecule has 0 atom stereocenters. The number of fused-ring (bicyclic) bond motifs is 3. The lowest BCUT2D eigenvalue weighted by Crippen LogP contribution is -2.24. The molecular formula is C26H26N2. The van der Waals surface area contributed by atoms with Gasteiger partial charge in [-0.1, -0.05) is 46.8 Å². The van der Waals surface area contributed by atoms with Gasteiger partial charge < -0.3 is 0 Å². The van der Waals surface area contributed by atoms with Crippen LogP contribution in [-0.2, 0) is 11.8 Å². The van der Waals surface area contributed by atoms with E-state index in [1.165, 1.54) is 5.56 Å². The summed E-state index contributed by atoms with van der Waals surface area (Å²) >= 11 is 0. The smallest absolute Gasteiger partial charge is 0.0786 e. The highest BCUT2D eigenvalue weighted by Gasteiger charge is 2.35. The molecule has 2 aromatic carbocycles. The highest BCUT2D eigenvalue weighted by atomic mass is 14.7. The maximum Gasteiger partial charge on any atom is 0.0786 e. The van der Waals surface area contributed by atoms with Crippen molar-refractivity contribution in [3.05, 3.63) is 71.7 Å². The van der Waals surface area contributed by atoms with Gasteiger partial charge in [0.05, 0.1) is 5.69 Å². The first-order valence-corrected chi connectivity index (χ1v) is 9.84. The molecule has 140 valence electrons. The van der Waals surface area contributed by atoms with Crippen molar-refractivity contribution in [2.75, 3.05) is 0 Å². The predicted molar refractivity (Wildman–Crippen MR) is 118 cm³/mol. The zero-order valence-corrected chi connectivity index (χ0v) is 17.1. The van der Waals surface area contributed by atoms with E-state index in [-0.39, 0.29) is 5.41 Å². The Morgan fingerprint density at radius 1 is 0.929 bits per heavy atom. The van der Waals surface area contributed by atoms with Crippen molar-refractivity contribution in [3.8, 4) is 11.3 Å². The number of hydrogen-bond donors (Lipinski definition) is 0. The van der Waals surface area contributed by atoms with Gasteiger partial charge in [0.1, 0.15) is 0 Å². The Morgan fingerprint density at radius 3 is 2.50 bits per heavy atom. The lowest BCUT2D eigenvalue weighted by molar-refractivity contribution is 0.411. The highest BCUT2D eigenvalue weighted by Crippen LogP contribution is 2.49. The average Bonchev–Trinajstić information content (AvgIpc) is 2.69. The SMILES string of the molecule is [2H]C([2H])(c1cc2c3c(nccc3c1)-c1cc3cnccc3cc1C2(C)C)C(C)(C)C. The first-order valence-electron chi connectivity index (χ1n) is 10.8. The topological polar surface area (TPSA) is 25.8 Å². The second kappa shape index (κ2) is 5.64. The fraction of sp³-hybridized carbons (Fsp3) is 0.308. The monoisotopic (exact) mass is 368 g/mol. The van der Waals surface area contributed by atoms with Crippen molar-refractivity contribution >= 4 is 21.5 Å². The lowest BCUT2D eigenvalue weighted by atomic mass is 9.68. The van der Waals surface area contributed by atoms with Crippen molar-refractivity contribution in [1.82, 2.24) is 9.97 Å². The summed E-state index contributed by atoms with van der Waals surface area (Å²) in [5, 5.41) is 4.45. The number of aromatic nitrogens is 2. The Morgan fingerprint density at radius 2 is 1.71 bits per heavy atom. The minimum atomic E-state index is -1.45. The summed E-state index contributed by atoms with van der Waals surface area (Å²) in [7, 11) is 0. The number of pyridine rings is 2. The van der Waals surface area contributed by atoms with Crippen LogP contribution in [0.4, 0.5) is 0 Å². The van der Waals surface area contributed by atoms with Gasteiger partial charge in [-0.2, -0.15) is 0 Å². The molecule has 1 aliphatic carbocycles. The molecule has 0 saturated carbocycles. The molecule has 4 aromatic rings.